The maximum atomic E-state index is 13.4. The molecule has 0 atom stereocenters. The van der Waals surface area contributed by atoms with Crippen LogP contribution in [0.5, 0.6) is 11.5 Å². The molecule has 0 amide bonds. The molecule has 0 aliphatic carbocycles. The highest BCUT2D eigenvalue weighted by molar-refractivity contribution is 5.39. The number of hydrogen-bond donors (Lipinski definition) is 1. The van der Waals surface area contributed by atoms with Crippen LogP contribution in [0.3, 0.4) is 0 Å². The van der Waals surface area contributed by atoms with Crippen LogP contribution in [-0.2, 0) is 0 Å². The molecule has 0 aliphatic heterocycles. The molecule has 0 radical (unpaired) electrons. The minimum absolute atomic E-state index is 0.0507. The lowest BCUT2D eigenvalue weighted by atomic mass is 10.3. The molecule has 5 nitrogen and oxygen atoms in total. The molecule has 2 aromatic rings. The Kier molecular flexibility index (Phi) is 2.55. The first-order valence-corrected chi connectivity index (χ1v) is 4.41. The quantitative estimate of drug-likeness (QED) is 0.641. The van der Waals surface area contributed by atoms with Crippen molar-refractivity contribution >= 4 is 5.69 Å². The number of ether oxygens (including phenoxy) is 1. The van der Waals surface area contributed by atoms with Gasteiger partial charge >= 0.3 is 0 Å². The molecule has 1 aromatic heterocycles. The van der Waals surface area contributed by atoms with Gasteiger partial charge in [0.25, 0.3) is 5.69 Å². The van der Waals surface area contributed by atoms with Crippen LogP contribution >= 0.6 is 0 Å². The summed E-state index contributed by atoms with van der Waals surface area (Å²) < 4.78 is 18.5. The van der Waals surface area contributed by atoms with Gasteiger partial charge < -0.3 is 9.72 Å². The summed E-state index contributed by atoms with van der Waals surface area (Å²) in [5.74, 6) is -0.381. The smallest absolute Gasteiger partial charge is 0.272 e. The Bertz CT molecular complexity index is 511. The lowest BCUT2D eigenvalue weighted by Crippen LogP contribution is -1.91. The number of rotatable bonds is 3. The molecule has 0 spiro atoms. The molecule has 0 unspecified atom stereocenters. The number of nitro groups is 1. The summed E-state index contributed by atoms with van der Waals surface area (Å²) in [4.78, 5) is 12.5. The van der Waals surface area contributed by atoms with Crippen molar-refractivity contribution in [3.8, 4) is 11.5 Å². The Hall–Kier alpha value is -2.37. The molecule has 0 fully saturated rings. The van der Waals surface area contributed by atoms with Crippen LogP contribution < -0.4 is 4.74 Å². The molecule has 82 valence electrons. The van der Waals surface area contributed by atoms with E-state index in [1.807, 2.05) is 0 Å². The molecule has 0 saturated heterocycles. The number of hydrogen-bond acceptors (Lipinski definition) is 3. The molecule has 1 heterocycles. The predicted octanol–water partition coefficient (Wildman–Crippen LogP) is 2.85. The molecule has 6 heteroatoms. The van der Waals surface area contributed by atoms with E-state index in [9.17, 15) is 14.5 Å². The van der Waals surface area contributed by atoms with Gasteiger partial charge in [-0.05, 0) is 12.1 Å². The fraction of sp³-hybridized carbons (Fsp3) is 0. The number of aromatic amines is 1. The monoisotopic (exact) mass is 222 g/mol. The number of aromatic nitrogens is 1. The van der Waals surface area contributed by atoms with E-state index in [4.69, 9.17) is 4.74 Å². The van der Waals surface area contributed by atoms with E-state index in [0.717, 1.165) is 6.07 Å². The van der Waals surface area contributed by atoms with Gasteiger partial charge in [0, 0.05) is 18.5 Å². The standard InChI is InChI=1S/C10H7FN2O3/c11-9-5-7(13(14)15)1-2-10(9)16-8-3-4-12-6-8/h1-6,12H. The highest BCUT2D eigenvalue weighted by Crippen LogP contribution is 2.26. The van der Waals surface area contributed by atoms with Gasteiger partial charge in [0.2, 0.25) is 0 Å². The van der Waals surface area contributed by atoms with Crippen molar-refractivity contribution in [3.05, 3.63) is 52.6 Å². The zero-order valence-corrected chi connectivity index (χ0v) is 8.01. The molecule has 0 bridgehead atoms. The Morgan fingerprint density at radius 1 is 1.38 bits per heavy atom. The highest BCUT2D eigenvalue weighted by Gasteiger charge is 2.12. The van der Waals surface area contributed by atoms with Crippen molar-refractivity contribution in [2.45, 2.75) is 0 Å². The van der Waals surface area contributed by atoms with E-state index < -0.39 is 10.7 Å². The normalized spacial score (nSPS) is 10.1. The van der Waals surface area contributed by atoms with Crippen LogP contribution in [0, 0.1) is 15.9 Å². The van der Waals surface area contributed by atoms with Crippen molar-refractivity contribution in [2.24, 2.45) is 0 Å². The summed E-state index contributed by atoms with van der Waals surface area (Å²) in [5, 5.41) is 10.4. The van der Waals surface area contributed by atoms with Gasteiger partial charge in [-0.25, -0.2) is 4.39 Å². The summed E-state index contributed by atoms with van der Waals surface area (Å²) in [5.41, 5.74) is -0.307. The number of H-pyrrole nitrogens is 1. The largest absolute Gasteiger partial charge is 0.453 e. The topological polar surface area (TPSA) is 68.2 Å². The number of non-ortho nitro benzene ring substituents is 1. The lowest BCUT2D eigenvalue weighted by Gasteiger charge is -2.03. The maximum absolute atomic E-state index is 13.4. The number of nitrogens with one attached hydrogen (secondary N) is 1. The van der Waals surface area contributed by atoms with Crippen molar-refractivity contribution in [3.63, 3.8) is 0 Å². The van der Waals surface area contributed by atoms with E-state index in [1.165, 1.54) is 12.1 Å². The van der Waals surface area contributed by atoms with Crippen LogP contribution in [0.4, 0.5) is 10.1 Å². The fourth-order valence-corrected chi connectivity index (χ4v) is 1.19. The number of benzene rings is 1. The zero-order valence-electron chi connectivity index (χ0n) is 8.01. The van der Waals surface area contributed by atoms with Gasteiger partial charge in [-0.1, -0.05) is 0 Å². The minimum Gasteiger partial charge on any atom is -0.453 e. The molecule has 2 rings (SSSR count). The molecule has 1 aromatic carbocycles. The Morgan fingerprint density at radius 3 is 2.75 bits per heavy atom. The third kappa shape index (κ3) is 2.00. The van der Waals surface area contributed by atoms with Crippen molar-refractivity contribution in [1.82, 2.24) is 4.98 Å². The first-order valence-electron chi connectivity index (χ1n) is 4.41. The third-order valence-corrected chi connectivity index (χ3v) is 1.92. The summed E-state index contributed by atoms with van der Waals surface area (Å²) >= 11 is 0. The van der Waals surface area contributed by atoms with Gasteiger partial charge in [-0.15, -0.1) is 0 Å². The number of halogens is 1. The van der Waals surface area contributed by atoms with Crippen LogP contribution in [0.1, 0.15) is 0 Å². The lowest BCUT2D eigenvalue weighted by molar-refractivity contribution is -0.385. The third-order valence-electron chi connectivity index (χ3n) is 1.92. The van der Waals surface area contributed by atoms with Crippen LogP contribution in [0.25, 0.3) is 0 Å². The molecule has 16 heavy (non-hydrogen) atoms. The van der Waals surface area contributed by atoms with Gasteiger partial charge in [0.05, 0.1) is 11.0 Å². The Labute approximate surface area is 89.6 Å². The van der Waals surface area contributed by atoms with Gasteiger partial charge in [-0.2, -0.15) is 0 Å². The van der Waals surface area contributed by atoms with Crippen molar-refractivity contribution in [1.29, 1.82) is 0 Å². The summed E-state index contributed by atoms with van der Waals surface area (Å²) in [7, 11) is 0. The molecule has 1 N–H and O–H groups in total. The van der Waals surface area contributed by atoms with Gasteiger partial charge in [-0.3, -0.25) is 10.1 Å². The van der Waals surface area contributed by atoms with E-state index in [-0.39, 0.29) is 11.4 Å². The van der Waals surface area contributed by atoms with Crippen LogP contribution in [0.15, 0.2) is 36.7 Å². The molecular weight excluding hydrogens is 215 g/mol. The summed E-state index contributed by atoms with van der Waals surface area (Å²) in [6, 6.07) is 4.84. The van der Waals surface area contributed by atoms with E-state index >= 15 is 0 Å². The average Bonchev–Trinajstić information content (AvgIpc) is 2.73. The number of nitrogens with zero attached hydrogens (tertiary/aromatic N) is 1. The SMILES string of the molecule is O=[N+]([O-])c1ccc(Oc2cc[nH]c2)c(F)c1. The second-order valence-corrected chi connectivity index (χ2v) is 3.02. The van der Waals surface area contributed by atoms with E-state index in [0.29, 0.717) is 5.75 Å². The fourth-order valence-electron chi connectivity index (χ4n) is 1.19. The maximum Gasteiger partial charge on any atom is 0.272 e. The van der Waals surface area contributed by atoms with Gasteiger partial charge in [0.1, 0.15) is 5.75 Å². The second-order valence-electron chi connectivity index (χ2n) is 3.02. The Morgan fingerprint density at radius 2 is 2.19 bits per heavy atom. The van der Waals surface area contributed by atoms with Crippen molar-refractivity contribution < 1.29 is 14.1 Å². The molecular formula is C10H7FN2O3. The molecule has 0 aliphatic rings. The van der Waals surface area contributed by atoms with Crippen molar-refractivity contribution in [2.75, 3.05) is 0 Å². The molecule has 0 saturated carbocycles. The van der Waals surface area contributed by atoms with Crippen LogP contribution in [-0.4, -0.2) is 9.91 Å². The first-order chi connectivity index (χ1) is 7.66. The summed E-state index contributed by atoms with van der Waals surface area (Å²) in [6.07, 6.45) is 3.17. The van der Waals surface area contributed by atoms with Gasteiger partial charge in [0.15, 0.2) is 11.6 Å². The second kappa shape index (κ2) is 4.01. The van der Waals surface area contributed by atoms with E-state index in [1.54, 1.807) is 18.5 Å². The van der Waals surface area contributed by atoms with E-state index in [2.05, 4.69) is 4.98 Å². The minimum atomic E-state index is -0.768. The predicted molar refractivity (Wildman–Crippen MR) is 53.9 cm³/mol. The number of nitro benzene ring substituents is 1. The zero-order chi connectivity index (χ0) is 11.5. The average molecular weight is 222 g/mol. The Balaban J connectivity index is 2.26. The highest BCUT2D eigenvalue weighted by atomic mass is 19.1. The summed E-state index contributed by atoms with van der Waals surface area (Å²) in [6.45, 7) is 0. The van der Waals surface area contributed by atoms with Crippen LogP contribution in [0.2, 0.25) is 0 Å². The first kappa shape index (κ1) is 10.2.